The van der Waals surface area contributed by atoms with E-state index < -0.39 is 6.04 Å². The summed E-state index contributed by atoms with van der Waals surface area (Å²) in [4.78, 5) is 25.3. The van der Waals surface area contributed by atoms with E-state index in [2.05, 4.69) is 39.2 Å². The Morgan fingerprint density at radius 2 is 2.14 bits per heavy atom. The fourth-order valence-electron chi connectivity index (χ4n) is 3.59. The largest absolute Gasteiger partial charge is 0.382 e. The lowest BCUT2D eigenvalue weighted by Gasteiger charge is -2.24. The van der Waals surface area contributed by atoms with E-state index in [1.807, 2.05) is 10.7 Å². The number of rotatable bonds is 5. The molecule has 1 saturated heterocycles. The smallest absolute Gasteiger partial charge is 0.243 e. The Morgan fingerprint density at radius 1 is 1.32 bits per heavy atom. The lowest BCUT2D eigenvalue weighted by molar-refractivity contribution is -0.125. The maximum atomic E-state index is 12.9. The van der Waals surface area contributed by atoms with Gasteiger partial charge in [-0.15, -0.1) is 0 Å². The maximum absolute atomic E-state index is 12.9. The first-order valence-electron chi connectivity index (χ1n) is 9.35. The minimum Gasteiger partial charge on any atom is -0.382 e. The van der Waals surface area contributed by atoms with Gasteiger partial charge in [0.2, 0.25) is 5.91 Å². The minimum atomic E-state index is -0.504. The Morgan fingerprint density at radius 3 is 2.93 bits per heavy atom. The summed E-state index contributed by atoms with van der Waals surface area (Å²) in [6.45, 7) is 6.53. The number of hydrogen-bond acceptors (Lipinski definition) is 7. The van der Waals surface area contributed by atoms with Crippen molar-refractivity contribution in [2.24, 2.45) is 0 Å². The predicted octanol–water partition coefficient (Wildman–Crippen LogP) is 1.39. The molecule has 0 bridgehead atoms. The molecule has 3 N–H and O–H groups in total. The van der Waals surface area contributed by atoms with E-state index in [4.69, 9.17) is 10.5 Å². The molecule has 10 nitrogen and oxygen atoms in total. The second-order valence-electron chi connectivity index (χ2n) is 7.25. The first-order chi connectivity index (χ1) is 13.5. The third-order valence-corrected chi connectivity index (χ3v) is 5.08. The van der Waals surface area contributed by atoms with Crippen LogP contribution in [0.25, 0.3) is 11.2 Å². The summed E-state index contributed by atoms with van der Waals surface area (Å²) >= 11 is 0. The van der Waals surface area contributed by atoms with Crippen LogP contribution in [0, 0.1) is 0 Å². The van der Waals surface area contributed by atoms with E-state index in [0.717, 1.165) is 12.1 Å². The minimum absolute atomic E-state index is 0.126. The van der Waals surface area contributed by atoms with Crippen LogP contribution in [0.2, 0.25) is 0 Å². The first-order valence-corrected chi connectivity index (χ1v) is 9.35. The molecule has 4 heterocycles. The van der Waals surface area contributed by atoms with Crippen molar-refractivity contribution in [2.45, 2.75) is 51.4 Å². The van der Waals surface area contributed by atoms with Gasteiger partial charge in [0.05, 0.1) is 18.1 Å². The fraction of sp³-hybridized carbons (Fsp3) is 0.500. The zero-order valence-corrected chi connectivity index (χ0v) is 16.1. The highest BCUT2D eigenvalue weighted by Gasteiger charge is 2.34. The average molecular weight is 384 g/mol. The van der Waals surface area contributed by atoms with Crippen LogP contribution < -0.4 is 11.1 Å². The van der Waals surface area contributed by atoms with Crippen molar-refractivity contribution < 1.29 is 9.53 Å². The summed E-state index contributed by atoms with van der Waals surface area (Å²) in [5.41, 5.74) is 7.83. The number of imidazole rings is 1. The molecule has 1 unspecified atom stereocenters. The highest BCUT2D eigenvalue weighted by atomic mass is 16.5. The number of nitrogens with two attached hydrogens (primary N) is 1. The second-order valence-corrected chi connectivity index (χ2v) is 7.25. The van der Waals surface area contributed by atoms with E-state index in [9.17, 15) is 4.79 Å². The fourth-order valence-corrected chi connectivity index (χ4v) is 3.59. The number of carbonyl (C=O) groups is 1. The second kappa shape index (κ2) is 7.19. The Kier molecular flexibility index (Phi) is 4.71. The van der Waals surface area contributed by atoms with E-state index in [1.165, 1.54) is 6.33 Å². The molecule has 0 aromatic carbocycles. The Hall–Kier alpha value is -3.01. The molecule has 1 fully saturated rings. The molecule has 1 aliphatic rings. The molecule has 3 aromatic rings. The monoisotopic (exact) mass is 384 g/mol. The van der Waals surface area contributed by atoms with Crippen LogP contribution in [0.5, 0.6) is 0 Å². The molecule has 0 saturated carbocycles. The molecule has 4 rings (SSSR count). The number of nitrogen functional groups attached to an aromatic ring is 1. The van der Waals surface area contributed by atoms with Gasteiger partial charge in [0.25, 0.3) is 0 Å². The molecule has 3 aromatic heterocycles. The van der Waals surface area contributed by atoms with Crippen molar-refractivity contribution in [3.8, 4) is 0 Å². The summed E-state index contributed by atoms with van der Waals surface area (Å²) in [5, 5.41) is 7.50. The summed E-state index contributed by atoms with van der Waals surface area (Å²) in [5.74, 6) is 0.162. The van der Waals surface area contributed by atoms with Gasteiger partial charge in [-0.25, -0.2) is 15.0 Å². The van der Waals surface area contributed by atoms with Gasteiger partial charge >= 0.3 is 0 Å². The van der Waals surface area contributed by atoms with Crippen LogP contribution in [-0.2, 0) is 9.53 Å². The lowest BCUT2D eigenvalue weighted by Crippen LogP contribution is -2.41. The lowest BCUT2D eigenvalue weighted by atomic mass is 10.1. The number of ether oxygens (including phenoxy) is 1. The van der Waals surface area contributed by atoms with Gasteiger partial charge in [0.1, 0.15) is 24.0 Å². The van der Waals surface area contributed by atoms with E-state index in [0.29, 0.717) is 23.6 Å². The van der Waals surface area contributed by atoms with E-state index in [-0.39, 0.29) is 24.1 Å². The number of hydrogen-bond donors (Lipinski definition) is 2. The summed E-state index contributed by atoms with van der Waals surface area (Å²) in [6, 6.07) is 1.53. The third-order valence-electron chi connectivity index (χ3n) is 5.08. The van der Waals surface area contributed by atoms with Crippen LogP contribution >= 0.6 is 0 Å². The molecule has 148 valence electrons. The standard InChI is InChI=1S/C18H24N8O2/c1-10(2)26-13(4-6-23-26)15-12(5-7-28-15)24-18(27)11(3)25-9-22-14-16(19)20-8-21-17(14)25/h4,6,8-12,15H,5,7H2,1-3H3,(H,24,27)(H2,19,20,21)/t11?,12-,15-/m1/s1. The molecular weight excluding hydrogens is 360 g/mol. The van der Waals surface area contributed by atoms with Gasteiger partial charge < -0.3 is 20.4 Å². The first kappa shape index (κ1) is 18.4. The number of nitrogens with zero attached hydrogens (tertiary/aromatic N) is 6. The normalized spacial score (nSPS) is 20.7. The number of aromatic nitrogens is 6. The molecule has 0 radical (unpaired) electrons. The van der Waals surface area contributed by atoms with Gasteiger partial charge in [0, 0.05) is 18.8 Å². The van der Waals surface area contributed by atoms with Crippen molar-refractivity contribution >= 4 is 22.9 Å². The maximum Gasteiger partial charge on any atom is 0.243 e. The molecule has 1 amide bonds. The quantitative estimate of drug-likeness (QED) is 0.681. The zero-order valence-electron chi connectivity index (χ0n) is 16.1. The van der Waals surface area contributed by atoms with E-state index in [1.54, 1.807) is 24.0 Å². The summed E-state index contributed by atoms with van der Waals surface area (Å²) in [6.07, 6.45) is 5.22. The molecule has 3 atom stereocenters. The molecule has 28 heavy (non-hydrogen) atoms. The van der Waals surface area contributed by atoms with Crippen LogP contribution in [0.1, 0.15) is 51.1 Å². The van der Waals surface area contributed by atoms with Gasteiger partial charge in [-0.3, -0.25) is 9.48 Å². The van der Waals surface area contributed by atoms with Gasteiger partial charge in [0.15, 0.2) is 11.5 Å². The van der Waals surface area contributed by atoms with Gasteiger partial charge in [-0.05, 0) is 33.3 Å². The SMILES string of the molecule is CC(C)n1nccc1[C@@H]1OCC[C@H]1NC(=O)C(C)n1cnc2c(N)ncnc21. The number of fused-ring (bicyclic) bond motifs is 1. The van der Waals surface area contributed by atoms with Crippen molar-refractivity contribution in [3.63, 3.8) is 0 Å². The zero-order chi connectivity index (χ0) is 19.8. The molecular formula is C18H24N8O2. The third kappa shape index (κ3) is 3.09. The van der Waals surface area contributed by atoms with Crippen molar-refractivity contribution in [2.75, 3.05) is 12.3 Å². The average Bonchev–Trinajstić information content (AvgIpc) is 3.40. The number of carbonyl (C=O) groups excluding carboxylic acids is 1. The topological polar surface area (TPSA) is 126 Å². The van der Waals surface area contributed by atoms with Crippen molar-refractivity contribution in [1.82, 2.24) is 34.6 Å². The van der Waals surface area contributed by atoms with Crippen molar-refractivity contribution in [3.05, 3.63) is 30.6 Å². The van der Waals surface area contributed by atoms with Crippen LogP contribution in [0.4, 0.5) is 5.82 Å². The Balaban J connectivity index is 1.53. The van der Waals surface area contributed by atoms with Gasteiger partial charge in [-0.1, -0.05) is 0 Å². The number of anilines is 1. The summed E-state index contributed by atoms with van der Waals surface area (Å²) in [7, 11) is 0. The Labute approximate surface area is 162 Å². The van der Waals surface area contributed by atoms with E-state index >= 15 is 0 Å². The molecule has 10 heteroatoms. The number of amides is 1. The molecule has 0 spiro atoms. The van der Waals surface area contributed by atoms with Crippen molar-refractivity contribution in [1.29, 1.82) is 0 Å². The molecule has 1 aliphatic heterocycles. The highest BCUT2D eigenvalue weighted by molar-refractivity contribution is 5.85. The Bertz CT molecular complexity index is 995. The predicted molar refractivity (Wildman–Crippen MR) is 102 cm³/mol. The molecule has 0 aliphatic carbocycles. The summed E-state index contributed by atoms with van der Waals surface area (Å²) < 4.78 is 9.56. The highest BCUT2D eigenvalue weighted by Crippen LogP contribution is 2.31. The van der Waals surface area contributed by atoms with Crippen LogP contribution in [-0.4, -0.2) is 47.9 Å². The van der Waals surface area contributed by atoms with Gasteiger partial charge in [-0.2, -0.15) is 5.10 Å². The number of nitrogens with one attached hydrogen (secondary N) is 1. The van der Waals surface area contributed by atoms with Crippen LogP contribution in [0.3, 0.4) is 0 Å². The van der Waals surface area contributed by atoms with Crippen LogP contribution in [0.15, 0.2) is 24.9 Å².